The highest BCUT2D eigenvalue weighted by Crippen LogP contribution is 2.42. The molecule has 1 fully saturated rings. The number of rotatable bonds is 4. The van der Waals surface area contributed by atoms with Crippen LogP contribution in [0.1, 0.15) is 53.2 Å². The molecule has 144 valence electrons. The quantitative estimate of drug-likeness (QED) is 0.776. The summed E-state index contributed by atoms with van der Waals surface area (Å²) in [7, 11) is 0. The minimum atomic E-state index is -1.40. The Morgan fingerprint density at radius 1 is 1.22 bits per heavy atom. The summed E-state index contributed by atoms with van der Waals surface area (Å²) in [5.41, 5.74) is 0.119. The van der Waals surface area contributed by atoms with Gasteiger partial charge in [0.05, 0.1) is 16.7 Å². The summed E-state index contributed by atoms with van der Waals surface area (Å²) in [6.45, 7) is 1.81. The first kappa shape index (κ1) is 19.8. The second-order valence-corrected chi connectivity index (χ2v) is 7.52. The summed E-state index contributed by atoms with van der Waals surface area (Å²) in [6, 6.07) is 10.4. The summed E-state index contributed by atoms with van der Waals surface area (Å²) in [5.74, 6) is -1.03. The van der Waals surface area contributed by atoms with E-state index in [1.54, 1.807) is 18.2 Å². The average Bonchev–Trinajstić information content (AvgIpc) is 2.65. The SMILES string of the molecule is Cc1ccccc1C(=O)NC(c1cccc(F)c1Cl)[C@]1(O)CC[C@H](F)CC1. The zero-order valence-electron chi connectivity index (χ0n) is 15.0. The second-order valence-electron chi connectivity index (χ2n) is 7.14. The molecule has 0 radical (unpaired) electrons. The van der Waals surface area contributed by atoms with Gasteiger partial charge < -0.3 is 10.4 Å². The van der Waals surface area contributed by atoms with E-state index in [9.17, 15) is 18.7 Å². The van der Waals surface area contributed by atoms with Crippen LogP contribution < -0.4 is 5.32 Å². The van der Waals surface area contributed by atoms with E-state index in [2.05, 4.69) is 5.32 Å². The summed E-state index contributed by atoms with van der Waals surface area (Å²) >= 11 is 6.15. The predicted octanol–water partition coefficient (Wildman–Crippen LogP) is 4.90. The third kappa shape index (κ3) is 4.14. The Kier molecular flexibility index (Phi) is 5.82. The lowest BCUT2D eigenvalue weighted by molar-refractivity contribution is -0.0445. The lowest BCUT2D eigenvalue weighted by Gasteiger charge is -2.41. The molecule has 2 aromatic rings. The number of carbonyl (C=O) groups is 1. The molecule has 1 aliphatic rings. The standard InChI is InChI=1S/C21H22ClF2NO2/c1-13-5-2-3-6-15(13)20(26)25-19(16-7-4-8-17(24)18(16)22)21(27)11-9-14(23)10-12-21/h2-8,14,19,27H,9-12H2,1H3,(H,25,26)/t14-,19?,21-. The van der Waals surface area contributed by atoms with Gasteiger partial charge in [-0.3, -0.25) is 4.79 Å². The van der Waals surface area contributed by atoms with Crippen LogP contribution in [-0.2, 0) is 0 Å². The van der Waals surface area contributed by atoms with Crippen molar-refractivity contribution in [2.45, 2.75) is 50.4 Å². The summed E-state index contributed by atoms with van der Waals surface area (Å²) in [6.07, 6.45) is -0.319. The fraction of sp³-hybridized carbons (Fsp3) is 0.381. The minimum Gasteiger partial charge on any atom is -0.387 e. The molecule has 3 nitrogen and oxygen atoms in total. The molecule has 2 N–H and O–H groups in total. The number of carbonyl (C=O) groups excluding carboxylic acids is 1. The van der Waals surface area contributed by atoms with Crippen molar-refractivity contribution >= 4 is 17.5 Å². The van der Waals surface area contributed by atoms with Crippen LogP contribution >= 0.6 is 11.6 Å². The van der Waals surface area contributed by atoms with Crippen LogP contribution in [0.2, 0.25) is 5.02 Å². The van der Waals surface area contributed by atoms with Gasteiger partial charge in [0, 0.05) is 5.56 Å². The van der Waals surface area contributed by atoms with Crippen LogP contribution in [0.4, 0.5) is 8.78 Å². The monoisotopic (exact) mass is 393 g/mol. The van der Waals surface area contributed by atoms with Gasteiger partial charge >= 0.3 is 0 Å². The molecule has 0 spiro atoms. The summed E-state index contributed by atoms with van der Waals surface area (Å²) in [4.78, 5) is 12.9. The van der Waals surface area contributed by atoms with Gasteiger partial charge in [-0.2, -0.15) is 0 Å². The Bertz CT molecular complexity index is 835. The number of halogens is 3. The highest BCUT2D eigenvalue weighted by Gasteiger charge is 2.43. The molecule has 6 heteroatoms. The molecule has 0 aromatic heterocycles. The van der Waals surface area contributed by atoms with E-state index < -0.39 is 29.5 Å². The number of benzene rings is 2. The molecular weight excluding hydrogens is 372 g/mol. The molecule has 1 atom stereocenters. The number of aryl methyl sites for hydroxylation is 1. The van der Waals surface area contributed by atoms with Crippen molar-refractivity contribution in [1.29, 1.82) is 0 Å². The molecule has 1 amide bonds. The van der Waals surface area contributed by atoms with Gasteiger partial charge in [0.1, 0.15) is 12.0 Å². The second kappa shape index (κ2) is 7.95. The van der Waals surface area contributed by atoms with E-state index in [1.165, 1.54) is 12.1 Å². The van der Waals surface area contributed by atoms with Crippen LogP contribution in [0.3, 0.4) is 0 Å². The lowest BCUT2D eigenvalue weighted by Crippen LogP contribution is -2.48. The predicted molar refractivity (Wildman–Crippen MR) is 101 cm³/mol. The normalized spacial score (nSPS) is 23.7. The number of aliphatic hydroxyl groups is 1. The van der Waals surface area contributed by atoms with Crippen molar-refractivity contribution in [3.05, 3.63) is 70.0 Å². The molecule has 2 aromatic carbocycles. The van der Waals surface area contributed by atoms with Gasteiger partial charge in [0.15, 0.2) is 0 Å². The molecule has 1 aliphatic carbocycles. The topological polar surface area (TPSA) is 49.3 Å². The first-order chi connectivity index (χ1) is 12.8. The first-order valence-corrected chi connectivity index (χ1v) is 9.36. The zero-order valence-corrected chi connectivity index (χ0v) is 15.8. The number of alkyl halides is 1. The molecule has 1 unspecified atom stereocenters. The van der Waals surface area contributed by atoms with E-state index in [0.717, 1.165) is 5.56 Å². The Hall–Kier alpha value is -1.98. The summed E-state index contributed by atoms with van der Waals surface area (Å²) < 4.78 is 27.7. The number of hydrogen-bond acceptors (Lipinski definition) is 2. The Morgan fingerprint density at radius 2 is 1.89 bits per heavy atom. The van der Waals surface area contributed by atoms with Crippen LogP contribution in [0.15, 0.2) is 42.5 Å². The highest BCUT2D eigenvalue weighted by atomic mass is 35.5. The van der Waals surface area contributed by atoms with E-state index in [0.29, 0.717) is 11.1 Å². The molecule has 0 aliphatic heterocycles. The third-order valence-electron chi connectivity index (χ3n) is 5.28. The van der Waals surface area contributed by atoms with Crippen LogP contribution in [-0.4, -0.2) is 22.8 Å². The van der Waals surface area contributed by atoms with Crippen molar-refractivity contribution in [1.82, 2.24) is 5.32 Å². The van der Waals surface area contributed by atoms with Crippen molar-refractivity contribution in [3.8, 4) is 0 Å². The van der Waals surface area contributed by atoms with E-state index in [4.69, 9.17) is 11.6 Å². The zero-order chi connectivity index (χ0) is 19.6. The van der Waals surface area contributed by atoms with Crippen LogP contribution in [0, 0.1) is 12.7 Å². The fourth-order valence-electron chi connectivity index (χ4n) is 3.65. The number of hydrogen-bond donors (Lipinski definition) is 2. The van der Waals surface area contributed by atoms with Crippen LogP contribution in [0.5, 0.6) is 0 Å². The Morgan fingerprint density at radius 3 is 2.56 bits per heavy atom. The minimum absolute atomic E-state index is 0.150. The maximum atomic E-state index is 14.0. The van der Waals surface area contributed by atoms with Gasteiger partial charge in [-0.1, -0.05) is 41.9 Å². The van der Waals surface area contributed by atoms with E-state index >= 15 is 0 Å². The van der Waals surface area contributed by atoms with Gasteiger partial charge in [0.2, 0.25) is 0 Å². The smallest absolute Gasteiger partial charge is 0.252 e. The largest absolute Gasteiger partial charge is 0.387 e. The van der Waals surface area contributed by atoms with Crippen molar-refractivity contribution in [2.75, 3.05) is 0 Å². The maximum Gasteiger partial charge on any atom is 0.252 e. The van der Waals surface area contributed by atoms with Gasteiger partial charge in [-0.05, 0) is 55.9 Å². The van der Waals surface area contributed by atoms with Gasteiger partial charge in [-0.25, -0.2) is 8.78 Å². The Labute approximate surface area is 162 Å². The molecule has 0 heterocycles. The first-order valence-electron chi connectivity index (χ1n) is 8.98. The van der Waals surface area contributed by atoms with Crippen molar-refractivity contribution < 1.29 is 18.7 Å². The maximum absolute atomic E-state index is 14.0. The fourth-order valence-corrected chi connectivity index (χ4v) is 3.89. The Balaban J connectivity index is 1.99. The van der Waals surface area contributed by atoms with Gasteiger partial charge in [-0.15, -0.1) is 0 Å². The lowest BCUT2D eigenvalue weighted by atomic mass is 9.76. The number of amides is 1. The van der Waals surface area contributed by atoms with Gasteiger partial charge in [0.25, 0.3) is 5.91 Å². The third-order valence-corrected chi connectivity index (χ3v) is 5.67. The van der Waals surface area contributed by atoms with Crippen molar-refractivity contribution in [3.63, 3.8) is 0 Å². The average molecular weight is 394 g/mol. The molecule has 3 rings (SSSR count). The molecular formula is C21H22ClF2NO2. The molecule has 27 heavy (non-hydrogen) atoms. The highest BCUT2D eigenvalue weighted by molar-refractivity contribution is 6.31. The number of nitrogens with one attached hydrogen (secondary N) is 1. The molecule has 1 saturated carbocycles. The molecule has 0 bridgehead atoms. The van der Waals surface area contributed by atoms with Crippen LogP contribution in [0.25, 0.3) is 0 Å². The van der Waals surface area contributed by atoms with E-state index in [-0.39, 0.29) is 30.7 Å². The van der Waals surface area contributed by atoms with E-state index in [1.807, 2.05) is 19.1 Å². The molecule has 0 saturated heterocycles. The van der Waals surface area contributed by atoms with Crippen molar-refractivity contribution in [2.24, 2.45) is 0 Å². The summed E-state index contributed by atoms with van der Waals surface area (Å²) in [5, 5.41) is 13.9.